The molecule has 198 valence electrons. The summed E-state index contributed by atoms with van der Waals surface area (Å²) >= 11 is 9.92. The molecule has 0 saturated carbocycles. The second-order valence-electron chi connectivity index (χ2n) is 10.1. The Balaban J connectivity index is 1.62. The van der Waals surface area contributed by atoms with Crippen molar-refractivity contribution in [3.63, 3.8) is 0 Å². The van der Waals surface area contributed by atoms with Gasteiger partial charge in [-0.2, -0.15) is 5.26 Å². The summed E-state index contributed by atoms with van der Waals surface area (Å²) in [5.41, 5.74) is 14.3. The van der Waals surface area contributed by atoms with Crippen molar-refractivity contribution in [3.05, 3.63) is 115 Å². The standard InChI is InChI=1S/C32H29BrClN3O2/c1-18-7-10-23(15-27(18)34)37-28-5-4-6-29(38)31(28)30(26(16-35)32(37)36)25-14-21(19(2)13-20(25)3)17-39-24-11-8-22(33)9-12-24/h7-15,30H,4-6,17,36H2,1-3H3. The van der Waals surface area contributed by atoms with Gasteiger partial charge in [0.25, 0.3) is 0 Å². The Morgan fingerprint density at radius 1 is 1.05 bits per heavy atom. The van der Waals surface area contributed by atoms with E-state index < -0.39 is 5.92 Å². The van der Waals surface area contributed by atoms with E-state index in [9.17, 15) is 10.1 Å². The number of allylic oxidation sites excluding steroid dienone is 3. The number of anilines is 1. The second kappa shape index (κ2) is 10.9. The normalized spacial score (nSPS) is 17.3. The first-order chi connectivity index (χ1) is 18.7. The second-order valence-corrected chi connectivity index (χ2v) is 11.5. The van der Waals surface area contributed by atoms with E-state index in [1.54, 1.807) is 0 Å². The molecule has 0 amide bonds. The molecule has 3 aromatic rings. The van der Waals surface area contributed by atoms with Gasteiger partial charge >= 0.3 is 0 Å². The Bertz CT molecular complexity index is 1580. The van der Waals surface area contributed by atoms with E-state index in [0.717, 1.165) is 55.8 Å². The van der Waals surface area contributed by atoms with Gasteiger partial charge in [-0.1, -0.05) is 45.7 Å². The fourth-order valence-electron chi connectivity index (χ4n) is 5.49. The van der Waals surface area contributed by atoms with E-state index in [0.29, 0.717) is 41.4 Å². The zero-order chi connectivity index (χ0) is 27.8. The molecule has 1 heterocycles. The minimum Gasteiger partial charge on any atom is -0.489 e. The van der Waals surface area contributed by atoms with Crippen LogP contribution in [0.3, 0.4) is 0 Å². The number of hydrogen-bond donors (Lipinski definition) is 1. The number of nitriles is 1. The Labute approximate surface area is 242 Å². The van der Waals surface area contributed by atoms with Gasteiger partial charge in [-0.3, -0.25) is 9.69 Å². The summed E-state index contributed by atoms with van der Waals surface area (Å²) < 4.78 is 7.07. The lowest BCUT2D eigenvalue weighted by Crippen LogP contribution is -2.39. The highest BCUT2D eigenvalue weighted by atomic mass is 79.9. The van der Waals surface area contributed by atoms with Gasteiger partial charge in [0.05, 0.1) is 17.6 Å². The molecular formula is C32H29BrClN3O2. The monoisotopic (exact) mass is 601 g/mol. The molecular weight excluding hydrogens is 574 g/mol. The van der Waals surface area contributed by atoms with Crippen LogP contribution in [0.2, 0.25) is 5.02 Å². The van der Waals surface area contributed by atoms with Gasteiger partial charge < -0.3 is 10.5 Å². The van der Waals surface area contributed by atoms with Crippen molar-refractivity contribution in [2.45, 2.75) is 52.6 Å². The highest BCUT2D eigenvalue weighted by Crippen LogP contribution is 2.47. The number of hydrogen-bond acceptors (Lipinski definition) is 5. The molecule has 0 aromatic heterocycles. The van der Waals surface area contributed by atoms with E-state index in [4.69, 9.17) is 22.1 Å². The minimum atomic E-state index is -0.540. The van der Waals surface area contributed by atoms with E-state index in [1.807, 2.05) is 68.1 Å². The van der Waals surface area contributed by atoms with Crippen LogP contribution in [0, 0.1) is 32.1 Å². The van der Waals surface area contributed by atoms with Gasteiger partial charge in [-0.15, -0.1) is 0 Å². The zero-order valence-corrected chi connectivity index (χ0v) is 24.5. The van der Waals surface area contributed by atoms with E-state index in [1.165, 1.54) is 0 Å². The molecule has 5 rings (SSSR count). The quantitative estimate of drug-likeness (QED) is 0.321. The molecule has 39 heavy (non-hydrogen) atoms. The van der Waals surface area contributed by atoms with Gasteiger partial charge in [0.2, 0.25) is 0 Å². The van der Waals surface area contributed by atoms with Crippen molar-refractivity contribution < 1.29 is 9.53 Å². The van der Waals surface area contributed by atoms with Crippen LogP contribution in [0.1, 0.15) is 53.0 Å². The lowest BCUT2D eigenvalue weighted by Gasteiger charge is -2.40. The summed E-state index contributed by atoms with van der Waals surface area (Å²) in [4.78, 5) is 15.4. The summed E-state index contributed by atoms with van der Waals surface area (Å²) in [5, 5.41) is 11.0. The number of ether oxygens (including phenoxy) is 1. The van der Waals surface area contributed by atoms with Gasteiger partial charge in [-0.25, -0.2) is 0 Å². The molecule has 1 aliphatic carbocycles. The fourth-order valence-corrected chi connectivity index (χ4v) is 5.93. The van der Waals surface area contributed by atoms with Crippen LogP contribution in [0.15, 0.2) is 81.7 Å². The predicted molar refractivity (Wildman–Crippen MR) is 159 cm³/mol. The van der Waals surface area contributed by atoms with Crippen molar-refractivity contribution in [2.75, 3.05) is 4.90 Å². The van der Waals surface area contributed by atoms with E-state index in [-0.39, 0.29) is 5.78 Å². The summed E-state index contributed by atoms with van der Waals surface area (Å²) in [6, 6.07) is 19.9. The number of carbonyl (C=O) groups is 1. The molecule has 1 aliphatic heterocycles. The number of rotatable bonds is 5. The van der Waals surface area contributed by atoms with Crippen LogP contribution in [0.5, 0.6) is 5.75 Å². The van der Waals surface area contributed by atoms with Crippen LogP contribution >= 0.6 is 27.5 Å². The van der Waals surface area contributed by atoms with Crippen LogP contribution < -0.4 is 15.4 Å². The van der Waals surface area contributed by atoms with Crippen molar-refractivity contribution >= 4 is 39.0 Å². The molecule has 2 N–H and O–H groups in total. The van der Waals surface area contributed by atoms with Crippen molar-refractivity contribution in [3.8, 4) is 11.8 Å². The number of aryl methyl sites for hydroxylation is 3. The average Bonchev–Trinajstić information content (AvgIpc) is 2.90. The summed E-state index contributed by atoms with van der Waals surface area (Å²) in [6.45, 7) is 6.37. The van der Waals surface area contributed by atoms with Gasteiger partial charge in [-0.05, 0) is 97.8 Å². The Hall–Kier alpha value is -3.53. The molecule has 0 bridgehead atoms. The summed E-state index contributed by atoms with van der Waals surface area (Å²) in [7, 11) is 0. The third-order valence-corrected chi connectivity index (χ3v) is 8.51. The number of Topliss-reactive ketones (excluding diaryl/α,β-unsaturated/α-hetero) is 1. The third-order valence-electron chi connectivity index (χ3n) is 7.57. The SMILES string of the molecule is Cc1ccc(N2C(N)=C(C#N)C(c3cc(COc4ccc(Br)cc4)c(C)cc3C)C3=C2CCCC3=O)cc1Cl. The summed E-state index contributed by atoms with van der Waals surface area (Å²) in [6.07, 6.45) is 1.86. The van der Waals surface area contributed by atoms with E-state index >= 15 is 0 Å². The molecule has 0 radical (unpaired) electrons. The van der Waals surface area contributed by atoms with Crippen molar-refractivity contribution in [1.29, 1.82) is 5.26 Å². The first kappa shape index (κ1) is 27.1. The number of nitrogens with zero attached hydrogens (tertiary/aromatic N) is 2. The maximum absolute atomic E-state index is 13.6. The first-order valence-corrected chi connectivity index (χ1v) is 14.1. The highest BCUT2D eigenvalue weighted by molar-refractivity contribution is 9.10. The fraction of sp³-hybridized carbons (Fsp3) is 0.250. The zero-order valence-electron chi connectivity index (χ0n) is 22.1. The molecule has 0 fully saturated rings. The van der Waals surface area contributed by atoms with Crippen LogP contribution in [0.4, 0.5) is 5.69 Å². The van der Waals surface area contributed by atoms with Gasteiger partial charge in [0.1, 0.15) is 18.2 Å². The van der Waals surface area contributed by atoms with Crippen LogP contribution in [0.25, 0.3) is 0 Å². The third kappa shape index (κ3) is 5.09. The smallest absolute Gasteiger partial charge is 0.161 e. The number of carbonyl (C=O) groups excluding carboxylic acids is 1. The lowest BCUT2D eigenvalue weighted by atomic mass is 9.74. The van der Waals surface area contributed by atoms with Crippen LogP contribution in [-0.4, -0.2) is 5.78 Å². The number of nitrogens with two attached hydrogens (primary N) is 1. The van der Waals surface area contributed by atoms with Crippen molar-refractivity contribution in [1.82, 2.24) is 0 Å². The number of halogens is 2. The minimum absolute atomic E-state index is 0.0531. The largest absolute Gasteiger partial charge is 0.489 e. The molecule has 7 heteroatoms. The average molecular weight is 603 g/mol. The molecule has 2 aliphatic rings. The van der Waals surface area contributed by atoms with Crippen molar-refractivity contribution in [2.24, 2.45) is 5.73 Å². The maximum atomic E-state index is 13.6. The molecule has 0 spiro atoms. The Morgan fingerprint density at radius 3 is 2.49 bits per heavy atom. The highest BCUT2D eigenvalue weighted by Gasteiger charge is 2.41. The maximum Gasteiger partial charge on any atom is 0.161 e. The van der Waals surface area contributed by atoms with Crippen LogP contribution in [-0.2, 0) is 11.4 Å². The van der Waals surface area contributed by atoms with Gasteiger partial charge in [0, 0.05) is 32.9 Å². The Morgan fingerprint density at radius 2 is 1.79 bits per heavy atom. The molecule has 1 unspecified atom stereocenters. The molecule has 3 aromatic carbocycles. The molecule has 1 atom stereocenters. The molecule has 0 saturated heterocycles. The number of benzene rings is 3. The van der Waals surface area contributed by atoms with E-state index in [2.05, 4.69) is 34.1 Å². The predicted octanol–water partition coefficient (Wildman–Crippen LogP) is 7.91. The number of ketones is 1. The first-order valence-electron chi connectivity index (χ1n) is 12.9. The summed E-state index contributed by atoms with van der Waals surface area (Å²) in [5.74, 6) is 0.613. The van der Waals surface area contributed by atoms with Gasteiger partial charge in [0.15, 0.2) is 5.78 Å². The molecule has 5 nitrogen and oxygen atoms in total. The Kier molecular flexibility index (Phi) is 7.57. The lowest BCUT2D eigenvalue weighted by molar-refractivity contribution is -0.116. The topological polar surface area (TPSA) is 79.3 Å².